The van der Waals surface area contributed by atoms with Crippen LogP contribution in [0.3, 0.4) is 0 Å². The molecule has 123 heavy (non-hydrogen) atoms. The van der Waals surface area contributed by atoms with E-state index in [0.717, 1.165) is 38.5 Å². The molecule has 12 aromatic carbocycles. The zero-order valence-corrected chi connectivity index (χ0v) is 84.7. The smallest absolute Gasteiger partial charge is 0.00135 e. The number of hydrogen-bond donors (Lipinski definition) is 0. The molecule has 3 nitrogen and oxygen atoms in total. The Labute approximate surface area is 760 Å². The minimum atomic E-state index is 1.10. The van der Waals surface area contributed by atoms with E-state index in [-0.39, 0.29) is 0 Å². The van der Waals surface area contributed by atoms with Crippen molar-refractivity contribution in [3.8, 4) is 66.8 Å². The minimum Gasteiger partial charge on any atom is -0.304 e. The first-order chi connectivity index (χ1) is 60.7. The fourth-order valence-electron chi connectivity index (χ4n) is 14.5. The van der Waals surface area contributed by atoms with Gasteiger partial charge in [0.15, 0.2) is 0 Å². The van der Waals surface area contributed by atoms with Gasteiger partial charge in [0.05, 0.1) is 0 Å². The molecule has 0 atom stereocenters. The van der Waals surface area contributed by atoms with Crippen molar-refractivity contribution in [3.05, 3.63) is 358 Å². The molecular weight excluding hydrogens is 1480 g/mol. The van der Waals surface area contributed by atoms with Gasteiger partial charge in [-0.25, -0.2) is 0 Å². The summed E-state index contributed by atoms with van der Waals surface area (Å²) >= 11 is 0. The van der Waals surface area contributed by atoms with Gasteiger partial charge < -0.3 is 14.7 Å². The highest BCUT2D eigenvalue weighted by molar-refractivity contribution is 5.81. The van der Waals surface area contributed by atoms with Gasteiger partial charge in [0, 0.05) is 0 Å². The van der Waals surface area contributed by atoms with E-state index in [1.165, 1.54) is 192 Å². The maximum Gasteiger partial charge on any atom is -0.00135 e. The van der Waals surface area contributed by atoms with Gasteiger partial charge in [-0.15, -0.1) is 0 Å². The van der Waals surface area contributed by atoms with Crippen LogP contribution in [-0.4, -0.2) is 73.6 Å². The van der Waals surface area contributed by atoms with Crippen molar-refractivity contribution >= 4 is 0 Å². The lowest BCUT2D eigenvalue weighted by molar-refractivity contribution is 0.321. The van der Waals surface area contributed by atoms with Crippen LogP contribution in [-0.2, 0) is 38.5 Å². The second kappa shape index (κ2) is 77.3. The highest BCUT2D eigenvalue weighted by atomic mass is 15.1. The second-order valence-corrected chi connectivity index (χ2v) is 25.8. The Kier molecular flexibility index (Phi) is 74.0. The van der Waals surface area contributed by atoms with E-state index >= 15 is 0 Å². The highest BCUT2D eigenvalue weighted by Crippen LogP contribution is 2.41. The van der Waals surface area contributed by atoms with Crippen molar-refractivity contribution in [2.24, 2.45) is 0 Å². The van der Waals surface area contributed by atoms with Crippen LogP contribution in [0.15, 0.2) is 291 Å². The number of nitrogens with zero attached hydrogens (tertiary/aromatic N) is 3. The molecule has 0 N–H and O–H groups in total. The number of benzene rings is 12. The summed E-state index contributed by atoms with van der Waals surface area (Å²) in [4.78, 5) is 7.12. The predicted molar refractivity (Wildman–Crippen MR) is 565 cm³/mol. The normalized spacial score (nSPS) is 10.1. The first-order valence-corrected chi connectivity index (χ1v) is 48.9. The lowest BCUT2D eigenvalue weighted by Crippen LogP contribution is -2.21. The number of rotatable bonds is 9. The molecule has 0 unspecified atom stereocenters. The Balaban J connectivity index is -0.00000129. The van der Waals surface area contributed by atoms with Crippen LogP contribution in [0.4, 0.5) is 0 Å². The molecule has 0 spiro atoms. The molecule has 0 saturated heterocycles. The lowest BCUT2D eigenvalue weighted by atomic mass is 10.1. The summed E-state index contributed by atoms with van der Waals surface area (Å²) in [5.41, 5.74) is 34.5. The van der Waals surface area contributed by atoms with E-state index in [1.54, 1.807) is 0 Å². The number of hydrogen-bond acceptors (Lipinski definition) is 3. The number of fused-ring (bicyclic) bond motifs is 18. The van der Waals surface area contributed by atoms with Crippen molar-refractivity contribution in [3.63, 3.8) is 0 Å². The highest BCUT2D eigenvalue weighted by Gasteiger charge is 2.21. The van der Waals surface area contributed by atoms with Crippen molar-refractivity contribution in [2.45, 2.75) is 267 Å². The summed E-state index contributed by atoms with van der Waals surface area (Å²) in [7, 11) is 0. The predicted octanol–water partition coefficient (Wildman–Crippen LogP) is 35.9. The Bertz CT molecular complexity index is 3470. The molecular formula is C120H177N3. The van der Waals surface area contributed by atoms with E-state index in [4.69, 9.17) is 0 Å². The molecule has 0 aromatic heterocycles. The Morgan fingerprint density at radius 3 is 0.244 bits per heavy atom. The average Bonchev–Trinajstić information content (AvgIpc) is 1.70. The Morgan fingerprint density at radius 2 is 0.187 bits per heavy atom. The fraction of sp³-hybridized carbons (Fsp3) is 0.400. The summed E-state index contributed by atoms with van der Waals surface area (Å²) in [5.74, 6) is 0. The molecule has 0 fully saturated rings. The molecule has 0 amide bonds. The van der Waals surface area contributed by atoms with E-state index in [0.29, 0.717) is 0 Å². The van der Waals surface area contributed by atoms with Gasteiger partial charge >= 0.3 is 0 Å². The lowest BCUT2D eigenvalue weighted by Gasteiger charge is -2.13. The molecule has 6 aliphatic rings. The van der Waals surface area contributed by atoms with Gasteiger partial charge in [0.1, 0.15) is 0 Å². The standard InChI is InChI=1S/6C13H10.3C6H15N.12C2H6/c6*1-3-7-12-10(5-1)9-11-6-2-4-8-13(11)12;3*1-4-7(5-2)6-3;12*1-2/h6*1-8H,9H2;3*4-6H2,1-3H3;12*1-2H3. The van der Waals surface area contributed by atoms with Crippen LogP contribution in [0.25, 0.3) is 66.8 Å². The van der Waals surface area contributed by atoms with Crippen LogP contribution in [0.2, 0.25) is 0 Å². The molecule has 0 saturated carbocycles. The largest absolute Gasteiger partial charge is 0.304 e. The molecule has 3 heteroatoms. The van der Waals surface area contributed by atoms with Crippen LogP contribution in [0, 0.1) is 0 Å². The van der Waals surface area contributed by atoms with Gasteiger partial charge in [0.2, 0.25) is 0 Å². The zero-order valence-electron chi connectivity index (χ0n) is 84.7. The molecule has 0 heterocycles. The molecule has 672 valence electrons. The van der Waals surface area contributed by atoms with Gasteiger partial charge in [-0.05, 0) is 231 Å². The summed E-state index contributed by atoms with van der Waals surface area (Å²) in [6.07, 6.45) is 6.62. The third-order valence-corrected chi connectivity index (χ3v) is 20.3. The molecule has 0 bridgehead atoms. The first-order valence-electron chi connectivity index (χ1n) is 48.9. The first kappa shape index (κ1) is 118. The van der Waals surface area contributed by atoms with Crippen molar-refractivity contribution in [2.75, 3.05) is 58.9 Å². The van der Waals surface area contributed by atoms with Crippen LogP contribution < -0.4 is 0 Å². The topological polar surface area (TPSA) is 9.72 Å². The fourth-order valence-corrected chi connectivity index (χ4v) is 14.5. The van der Waals surface area contributed by atoms with Crippen molar-refractivity contribution in [1.82, 2.24) is 14.7 Å². The SMILES string of the molecule is CC.CC.CC.CC.CC.CC.CC.CC.CC.CC.CC.CC.CCN(CC)CC.CCN(CC)CC.CCN(CC)CC.c1ccc2c(c1)Cc1ccccc1-2.c1ccc2c(c1)Cc1ccccc1-2.c1ccc2c(c1)Cc1ccccc1-2.c1ccc2c(c1)Cc1ccccc1-2.c1ccc2c(c1)Cc1ccccc1-2.c1ccc2c(c1)Cc1ccccc1-2. The van der Waals surface area contributed by atoms with Gasteiger partial charge in [0.25, 0.3) is 0 Å². The average molecular weight is 1660 g/mol. The van der Waals surface area contributed by atoms with Crippen molar-refractivity contribution < 1.29 is 0 Å². The Morgan fingerprint density at radius 1 is 0.122 bits per heavy atom. The van der Waals surface area contributed by atoms with Gasteiger partial charge in [-0.2, -0.15) is 0 Å². The molecule has 12 aromatic rings. The van der Waals surface area contributed by atoms with E-state index in [9.17, 15) is 0 Å². The Hall–Kier alpha value is -9.48. The summed E-state index contributed by atoms with van der Waals surface area (Å²) in [6, 6.07) is 104. The van der Waals surface area contributed by atoms with E-state index in [1.807, 2.05) is 166 Å². The summed E-state index contributed by atoms with van der Waals surface area (Å²) in [5, 5.41) is 0. The van der Waals surface area contributed by atoms with Crippen LogP contribution in [0.1, 0.15) is 295 Å². The monoisotopic (exact) mass is 1660 g/mol. The van der Waals surface area contributed by atoms with E-state index < -0.39 is 0 Å². The maximum atomic E-state index is 2.38. The maximum absolute atomic E-state index is 2.38. The second-order valence-electron chi connectivity index (χ2n) is 25.8. The van der Waals surface area contributed by atoms with Gasteiger partial charge in [-0.3, -0.25) is 0 Å². The van der Waals surface area contributed by atoms with Crippen LogP contribution >= 0.6 is 0 Å². The quantitative estimate of drug-likeness (QED) is 0.143. The van der Waals surface area contributed by atoms with Crippen molar-refractivity contribution in [1.29, 1.82) is 0 Å². The van der Waals surface area contributed by atoms with Gasteiger partial charge in [-0.1, -0.05) is 520 Å². The zero-order chi connectivity index (χ0) is 93.1. The molecule has 6 aliphatic carbocycles. The molecule has 0 aliphatic heterocycles. The van der Waals surface area contributed by atoms with Crippen LogP contribution in [0.5, 0.6) is 0 Å². The molecule has 18 rings (SSSR count). The minimum absolute atomic E-state index is 1.10. The van der Waals surface area contributed by atoms with E-state index in [2.05, 4.69) is 368 Å². The third-order valence-electron chi connectivity index (χ3n) is 20.3. The summed E-state index contributed by atoms with van der Waals surface area (Å²) < 4.78 is 0. The third kappa shape index (κ3) is 38.7. The molecule has 0 radical (unpaired) electrons. The summed E-state index contributed by atoms with van der Waals surface area (Å²) in [6.45, 7) is 78.4.